The first-order valence-corrected chi connectivity index (χ1v) is 10.0. The number of rotatable bonds is 11. The van der Waals surface area contributed by atoms with Crippen LogP contribution in [0, 0.1) is 5.82 Å². The molecular formula is C23H24ClFN2O3. The third-order valence-corrected chi connectivity index (χ3v) is 4.73. The average Bonchev–Trinajstić information content (AvgIpc) is 2.77. The van der Waals surface area contributed by atoms with Crippen LogP contribution >= 0.6 is 11.6 Å². The molecule has 7 heteroatoms. The van der Waals surface area contributed by atoms with E-state index in [0.717, 1.165) is 18.5 Å². The minimum Gasteiger partial charge on any atom is -0.493 e. The van der Waals surface area contributed by atoms with Crippen molar-refractivity contribution in [1.29, 1.82) is 0 Å². The quantitative estimate of drug-likeness (QED) is 0.433. The van der Waals surface area contributed by atoms with Gasteiger partial charge in [-0.05, 0) is 48.9 Å². The van der Waals surface area contributed by atoms with Crippen molar-refractivity contribution in [1.82, 2.24) is 10.3 Å². The summed E-state index contributed by atoms with van der Waals surface area (Å²) in [6, 6.07) is 15.8. The number of methoxy groups -OCH3 is 1. The molecular weight excluding hydrogens is 407 g/mol. The van der Waals surface area contributed by atoms with Crippen molar-refractivity contribution in [2.24, 2.45) is 0 Å². The standard InChI is InChI=1S/C23H24ClFN2O3/c1-28-22-14-17(15-26-11-5-13-29-23-8-2-3-12-27-23)9-10-21(22)30-16-18-19(24)6-4-7-20(18)25/h2-4,6-10,12,14,26H,5,11,13,15-16H2,1H3. The van der Waals surface area contributed by atoms with Crippen molar-refractivity contribution >= 4 is 11.6 Å². The summed E-state index contributed by atoms with van der Waals surface area (Å²) in [6.45, 7) is 2.10. The van der Waals surface area contributed by atoms with Crippen LogP contribution in [0.2, 0.25) is 5.02 Å². The van der Waals surface area contributed by atoms with Gasteiger partial charge in [0.2, 0.25) is 5.88 Å². The smallest absolute Gasteiger partial charge is 0.213 e. The molecule has 0 saturated heterocycles. The molecule has 0 bridgehead atoms. The molecule has 2 aromatic carbocycles. The number of hydrogen-bond acceptors (Lipinski definition) is 5. The monoisotopic (exact) mass is 430 g/mol. The molecule has 0 unspecified atom stereocenters. The van der Waals surface area contributed by atoms with Gasteiger partial charge in [0.1, 0.15) is 12.4 Å². The molecule has 0 aliphatic rings. The van der Waals surface area contributed by atoms with E-state index in [1.807, 2.05) is 36.4 Å². The third-order valence-electron chi connectivity index (χ3n) is 4.38. The van der Waals surface area contributed by atoms with Gasteiger partial charge in [0.15, 0.2) is 11.5 Å². The molecule has 0 amide bonds. The highest BCUT2D eigenvalue weighted by Gasteiger charge is 2.11. The number of pyridine rings is 1. The summed E-state index contributed by atoms with van der Waals surface area (Å²) in [7, 11) is 1.57. The molecule has 0 aliphatic heterocycles. The van der Waals surface area contributed by atoms with Gasteiger partial charge in [0.05, 0.1) is 18.7 Å². The Balaban J connectivity index is 1.45. The van der Waals surface area contributed by atoms with E-state index in [0.29, 0.717) is 41.1 Å². The van der Waals surface area contributed by atoms with Gasteiger partial charge in [-0.3, -0.25) is 0 Å². The van der Waals surface area contributed by atoms with Crippen LogP contribution in [-0.2, 0) is 13.2 Å². The minimum absolute atomic E-state index is 0.0235. The van der Waals surface area contributed by atoms with Crippen LogP contribution in [-0.4, -0.2) is 25.2 Å². The Kier molecular flexibility index (Phi) is 8.30. The molecule has 0 saturated carbocycles. The zero-order chi connectivity index (χ0) is 21.2. The van der Waals surface area contributed by atoms with Crippen molar-refractivity contribution < 1.29 is 18.6 Å². The van der Waals surface area contributed by atoms with Crippen molar-refractivity contribution in [3.05, 3.63) is 82.8 Å². The van der Waals surface area contributed by atoms with Crippen LogP contribution in [0.25, 0.3) is 0 Å². The molecule has 0 radical (unpaired) electrons. The third kappa shape index (κ3) is 6.34. The first-order chi connectivity index (χ1) is 14.7. The number of halogens is 2. The highest BCUT2D eigenvalue weighted by atomic mass is 35.5. The summed E-state index contributed by atoms with van der Waals surface area (Å²) in [6.07, 6.45) is 2.57. The molecule has 3 rings (SSSR count). The summed E-state index contributed by atoms with van der Waals surface area (Å²) < 4.78 is 30.6. The maximum atomic E-state index is 13.9. The lowest BCUT2D eigenvalue weighted by Gasteiger charge is -2.14. The normalized spacial score (nSPS) is 10.6. The van der Waals surface area contributed by atoms with Crippen LogP contribution in [0.5, 0.6) is 17.4 Å². The van der Waals surface area contributed by atoms with E-state index in [-0.39, 0.29) is 6.61 Å². The Bertz CT molecular complexity index is 921. The molecule has 5 nitrogen and oxygen atoms in total. The second kappa shape index (κ2) is 11.4. The highest BCUT2D eigenvalue weighted by molar-refractivity contribution is 6.31. The fourth-order valence-corrected chi connectivity index (χ4v) is 3.02. The van der Waals surface area contributed by atoms with E-state index in [9.17, 15) is 4.39 Å². The summed E-state index contributed by atoms with van der Waals surface area (Å²) in [5, 5.41) is 3.70. The van der Waals surface area contributed by atoms with Gasteiger partial charge < -0.3 is 19.5 Å². The molecule has 0 atom stereocenters. The predicted octanol–water partition coefficient (Wildman–Crippen LogP) is 5.02. The fraction of sp³-hybridized carbons (Fsp3) is 0.261. The Hall–Kier alpha value is -2.83. The van der Waals surface area contributed by atoms with Gasteiger partial charge in [0.25, 0.3) is 0 Å². The molecule has 1 aromatic heterocycles. The largest absolute Gasteiger partial charge is 0.493 e. The van der Waals surface area contributed by atoms with Crippen molar-refractivity contribution in [2.45, 2.75) is 19.6 Å². The zero-order valence-corrected chi connectivity index (χ0v) is 17.5. The molecule has 30 heavy (non-hydrogen) atoms. The van der Waals surface area contributed by atoms with Crippen molar-refractivity contribution in [2.75, 3.05) is 20.3 Å². The first-order valence-electron chi connectivity index (χ1n) is 9.64. The van der Waals surface area contributed by atoms with Crippen LogP contribution in [0.1, 0.15) is 17.5 Å². The Labute approximate surface area is 180 Å². The van der Waals surface area contributed by atoms with Gasteiger partial charge in [-0.25, -0.2) is 9.37 Å². The van der Waals surface area contributed by atoms with Gasteiger partial charge in [0, 0.05) is 24.4 Å². The van der Waals surface area contributed by atoms with Crippen molar-refractivity contribution in [3.63, 3.8) is 0 Å². The van der Waals surface area contributed by atoms with Gasteiger partial charge in [-0.2, -0.15) is 0 Å². The summed E-state index contributed by atoms with van der Waals surface area (Å²) in [5.74, 6) is 1.35. The lowest BCUT2D eigenvalue weighted by molar-refractivity contribution is 0.279. The second-order valence-corrected chi connectivity index (χ2v) is 6.93. The van der Waals surface area contributed by atoms with E-state index in [4.69, 9.17) is 25.8 Å². The SMILES string of the molecule is COc1cc(CNCCCOc2ccccn2)ccc1OCc1c(F)cccc1Cl. The number of nitrogens with zero attached hydrogens (tertiary/aromatic N) is 1. The zero-order valence-electron chi connectivity index (χ0n) is 16.7. The number of nitrogens with one attached hydrogen (secondary N) is 1. The molecule has 1 heterocycles. The summed E-state index contributed by atoms with van der Waals surface area (Å²) >= 11 is 6.05. The maximum Gasteiger partial charge on any atom is 0.213 e. The molecule has 0 spiro atoms. The van der Waals surface area contributed by atoms with E-state index in [2.05, 4.69) is 10.3 Å². The number of ether oxygens (including phenoxy) is 3. The molecule has 1 N–H and O–H groups in total. The van der Waals surface area contributed by atoms with Crippen LogP contribution in [0.3, 0.4) is 0 Å². The van der Waals surface area contributed by atoms with E-state index in [1.165, 1.54) is 6.07 Å². The fourth-order valence-electron chi connectivity index (χ4n) is 2.80. The van der Waals surface area contributed by atoms with E-state index >= 15 is 0 Å². The molecule has 3 aromatic rings. The summed E-state index contributed by atoms with van der Waals surface area (Å²) in [5.41, 5.74) is 1.37. The first kappa shape index (κ1) is 21.9. The second-order valence-electron chi connectivity index (χ2n) is 6.52. The van der Waals surface area contributed by atoms with Crippen LogP contribution in [0.15, 0.2) is 60.8 Å². The van der Waals surface area contributed by atoms with Crippen molar-refractivity contribution in [3.8, 4) is 17.4 Å². The Morgan fingerprint density at radius 3 is 2.70 bits per heavy atom. The molecule has 0 fully saturated rings. The van der Waals surface area contributed by atoms with Gasteiger partial charge in [-0.15, -0.1) is 0 Å². The summed E-state index contributed by atoms with van der Waals surface area (Å²) in [4.78, 5) is 4.12. The van der Waals surface area contributed by atoms with Gasteiger partial charge in [-0.1, -0.05) is 29.8 Å². The minimum atomic E-state index is -0.394. The van der Waals surface area contributed by atoms with E-state index < -0.39 is 5.82 Å². The number of benzene rings is 2. The van der Waals surface area contributed by atoms with Crippen LogP contribution < -0.4 is 19.5 Å². The van der Waals surface area contributed by atoms with E-state index in [1.54, 1.807) is 25.4 Å². The average molecular weight is 431 g/mol. The van der Waals surface area contributed by atoms with Crippen LogP contribution in [0.4, 0.5) is 4.39 Å². The molecule has 0 aliphatic carbocycles. The molecule has 158 valence electrons. The topological polar surface area (TPSA) is 52.6 Å². The Morgan fingerprint density at radius 1 is 1.03 bits per heavy atom. The van der Waals surface area contributed by atoms with Gasteiger partial charge >= 0.3 is 0 Å². The highest BCUT2D eigenvalue weighted by Crippen LogP contribution is 2.30. The Morgan fingerprint density at radius 2 is 1.93 bits per heavy atom. The predicted molar refractivity (Wildman–Crippen MR) is 115 cm³/mol. The maximum absolute atomic E-state index is 13.9. The number of aromatic nitrogens is 1. The number of hydrogen-bond donors (Lipinski definition) is 1. The lowest BCUT2D eigenvalue weighted by Crippen LogP contribution is -2.17. The lowest BCUT2D eigenvalue weighted by atomic mass is 10.2.